The van der Waals surface area contributed by atoms with Crippen molar-refractivity contribution in [2.45, 2.75) is 46.4 Å². The van der Waals surface area contributed by atoms with Gasteiger partial charge < -0.3 is 0 Å². The summed E-state index contributed by atoms with van der Waals surface area (Å²) < 4.78 is 4.65. The fourth-order valence-corrected chi connectivity index (χ4v) is 4.32. The van der Waals surface area contributed by atoms with Gasteiger partial charge in [0.05, 0.1) is 11.6 Å². The first-order valence-electron chi connectivity index (χ1n) is 10.1. The predicted molar refractivity (Wildman–Crippen MR) is 120 cm³/mol. The first-order chi connectivity index (χ1) is 13.6. The number of hydrogen-bond acceptors (Lipinski definition) is 4. The van der Waals surface area contributed by atoms with Crippen molar-refractivity contribution in [2.24, 2.45) is 5.92 Å². The number of rotatable bonds is 7. The van der Waals surface area contributed by atoms with Crippen molar-refractivity contribution >= 4 is 19.4 Å². The van der Waals surface area contributed by atoms with Crippen molar-refractivity contribution in [3.63, 3.8) is 0 Å². The van der Waals surface area contributed by atoms with Crippen LogP contribution in [0.5, 0.6) is 0 Å². The Labute approximate surface area is 173 Å². The highest BCUT2D eigenvalue weighted by atomic mass is 32.1. The second-order valence-electron chi connectivity index (χ2n) is 7.55. The molecule has 2 aromatic carbocycles. The Morgan fingerprint density at radius 1 is 1.18 bits per heavy atom. The second-order valence-corrected chi connectivity index (χ2v) is 8.30. The van der Waals surface area contributed by atoms with Crippen molar-refractivity contribution in [1.29, 1.82) is 5.26 Å². The molecule has 3 aromatic rings. The van der Waals surface area contributed by atoms with E-state index in [0.29, 0.717) is 5.92 Å². The number of benzene rings is 2. The molecular weight excluding hydrogens is 361 g/mol. The highest BCUT2D eigenvalue weighted by Crippen LogP contribution is 2.31. The summed E-state index contributed by atoms with van der Waals surface area (Å²) in [6.45, 7) is 6.53. The maximum absolute atomic E-state index is 9.55. The summed E-state index contributed by atoms with van der Waals surface area (Å²) in [6, 6.07) is 14.9. The maximum atomic E-state index is 9.55. The Kier molecular flexibility index (Phi) is 6.64. The van der Waals surface area contributed by atoms with Crippen LogP contribution < -0.4 is 0 Å². The molecule has 0 unspecified atom stereocenters. The monoisotopic (exact) mass is 387 g/mol. The van der Waals surface area contributed by atoms with Gasteiger partial charge in [0.25, 0.3) is 0 Å². The van der Waals surface area contributed by atoms with Crippen LogP contribution in [-0.2, 0) is 19.3 Å². The molecule has 0 aliphatic carbocycles. The molecular formula is C23H26BN3S. The van der Waals surface area contributed by atoms with E-state index in [2.05, 4.69) is 69.4 Å². The normalized spacial score (nSPS) is 11.0. The zero-order chi connectivity index (χ0) is 20.1. The molecule has 3 rings (SSSR count). The minimum Gasteiger partial charge on any atom is -0.215 e. The Morgan fingerprint density at radius 3 is 2.68 bits per heavy atom. The van der Waals surface area contributed by atoms with E-state index in [1.165, 1.54) is 22.7 Å². The third kappa shape index (κ3) is 4.34. The average Bonchev–Trinajstić information content (AvgIpc) is 3.18. The fourth-order valence-electron chi connectivity index (χ4n) is 3.65. The van der Waals surface area contributed by atoms with E-state index >= 15 is 0 Å². The van der Waals surface area contributed by atoms with Gasteiger partial charge in [0.1, 0.15) is 12.9 Å². The van der Waals surface area contributed by atoms with Gasteiger partial charge in [0.2, 0.25) is 0 Å². The molecule has 0 aliphatic heterocycles. The van der Waals surface area contributed by atoms with Crippen molar-refractivity contribution in [2.75, 3.05) is 0 Å². The van der Waals surface area contributed by atoms with Crippen molar-refractivity contribution < 1.29 is 0 Å². The summed E-state index contributed by atoms with van der Waals surface area (Å²) >= 11 is 1.40. The van der Waals surface area contributed by atoms with Crippen LogP contribution in [0, 0.1) is 17.2 Å². The molecule has 0 fully saturated rings. The quantitative estimate of drug-likeness (QED) is 0.530. The third-order valence-electron chi connectivity index (χ3n) is 4.92. The summed E-state index contributed by atoms with van der Waals surface area (Å²) in [5, 5.41) is 10.4. The molecule has 28 heavy (non-hydrogen) atoms. The van der Waals surface area contributed by atoms with Gasteiger partial charge in [-0.2, -0.15) is 9.64 Å². The van der Waals surface area contributed by atoms with Crippen LogP contribution in [0.4, 0.5) is 0 Å². The maximum Gasteiger partial charge on any atom is 0.173 e. The lowest BCUT2D eigenvalue weighted by Crippen LogP contribution is -1.98. The predicted octanol–water partition coefficient (Wildman–Crippen LogP) is 5.10. The Morgan fingerprint density at radius 2 is 2.00 bits per heavy atom. The van der Waals surface area contributed by atoms with Gasteiger partial charge in [-0.1, -0.05) is 57.4 Å². The third-order valence-corrected chi connectivity index (χ3v) is 5.68. The molecule has 0 amide bonds. The average molecular weight is 387 g/mol. The molecule has 0 atom stereocenters. The standard InChI is InChI=1S/C23H26BN3S/c1-4-20-16(10-11-24)6-5-7-21(20)22-26-23(28-27-22)18-9-8-17(12-15(2)3)19(13-18)14-25/h5-9,13,15H,4,10-12,24H2,1-3H3. The van der Waals surface area contributed by atoms with Crippen LogP contribution in [0.2, 0.25) is 6.32 Å². The van der Waals surface area contributed by atoms with Crippen LogP contribution in [0.25, 0.3) is 22.0 Å². The van der Waals surface area contributed by atoms with Crippen molar-refractivity contribution in [3.05, 3.63) is 58.7 Å². The zero-order valence-electron chi connectivity index (χ0n) is 17.1. The zero-order valence-corrected chi connectivity index (χ0v) is 17.9. The number of aryl methyl sites for hydroxylation is 1. The summed E-state index contributed by atoms with van der Waals surface area (Å²) in [6.07, 6.45) is 4.10. The molecule has 0 N–H and O–H groups in total. The molecule has 0 aliphatic rings. The first-order valence-corrected chi connectivity index (χ1v) is 10.8. The smallest absolute Gasteiger partial charge is 0.173 e. The largest absolute Gasteiger partial charge is 0.215 e. The van der Waals surface area contributed by atoms with Gasteiger partial charge in [-0.05, 0) is 59.5 Å². The lowest BCUT2D eigenvalue weighted by atomic mass is 9.91. The highest BCUT2D eigenvalue weighted by molar-refractivity contribution is 7.09. The van der Waals surface area contributed by atoms with E-state index < -0.39 is 0 Å². The van der Waals surface area contributed by atoms with Gasteiger partial charge in [0.15, 0.2) is 5.82 Å². The van der Waals surface area contributed by atoms with Crippen LogP contribution in [0.15, 0.2) is 36.4 Å². The van der Waals surface area contributed by atoms with Gasteiger partial charge >= 0.3 is 0 Å². The lowest BCUT2D eigenvalue weighted by Gasteiger charge is -2.11. The summed E-state index contributed by atoms with van der Waals surface area (Å²) in [4.78, 5) is 4.82. The molecule has 0 saturated heterocycles. The Balaban J connectivity index is 1.97. The topological polar surface area (TPSA) is 49.6 Å². The molecule has 5 heteroatoms. The SMILES string of the molecule is BCCc1cccc(-c2nsc(-c3ccc(CC(C)C)c(C#N)c3)n2)c1CC. The number of nitriles is 1. The minimum atomic E-state index is 0.522. The molecule has 1 aromatic heterocycles. The van der Waals surface area contributed by atoms with Crippen LogP contribution in [0.3, 0.4) is 0 Å². The van der Waals surface area contributed by atoms with Crippen molar-refractivity contribution in [3.8, 4) is 28.0 Å². The molecule has 142 valence electrons. The molecule has 0 radical (unpaired) electrons. The Hall–Kier alpha value is -2.45. The number of nitrogens with zero attached hydrogens (tertiary/aromatic N) is 3. The van der Waals surface area contributed by atoms with Gasteiger partial charge in [-0.3, -0.25) is 0 Å². The van der Waals surface area contributed by atoms with E-state index in [0.717, 1.165) is 58.7 Å². The van der Waals surface area contributed by atoms with Gasteiger partial charge in [0, 0.05) is 11.1 Å². The summed E-state index contributed by atoms with van der Waals surface area (Å²) in [5.41, 5.74) is 6.68. The molecule has 0 saturated carbocycles. The van der Waals surface area contributed by atoms with E-state index in [1.54, 1.807) is 0 Å². The van der Waals surface area contributed by atoms with E-state index in [9.17, 15) is 5.26 Å². The minimum absolute atomic E-state index is 0.522. The molecule has 0 spiro atoms. The molecule has 1 heterocycles. The van der Waals surface area contributed by atoms with E-state index in [4.69, 9.17) is 4.98 Å². The van der Waals surface area contributed by atoms with Gasteiger partial charge in [-0.15, -0.1) is 0 Å². The van der Waals surface area contributed by atoms with Crippen LogP contribution in [-0.4, -0.2) is 17.2 Å². The van der Waals surface area contributed by atoms with Crippen LogP contribution in [0.1, 0.15) is 43.0 Å². The van der Waals surface area contributed by atoms with Crippen LogP contribution >= 0.6 is 11.5 Å². The molecule has 3 nitrogen and oxygen atoms in total. The fraction of sp³-hybridized carbons (Fsp3) is 0.348. The lowest BCUT2D eigenvalue weighted by molar-refractivity contribution is 0.646. The van der Waals surface area contributed by atoms with E-state index in [-0.39, 0.29) is 0 Å². The van der Waals surface area contributed by atoms with Crippen molar-refractivity contribution in [1.82, 2.24) is 9.36 Å². The van der Waals surface area contributed by atoms with Gasteiger partial charge in [-0.25, -0.2) is 4.98 Å². The Bertz CT molecular complexity index is 1000. The first kappa shape index (κ1) is 20.3. The molecule has 0 bridgehead atoms. The number of hydrogen-bond donors (Lipinski definition) is 0. The number of aromatic nitrogens is 2. The summed E-state index contributed by atoms with van der Waals surface area (Å²) in [7, 11) is 2.21. The van der Waals surface area contributed by atoms with E-state index in [1.807, 2.05) is 6.07 Å². The highest BCUT2D eigenvalue weighted by Gasteiger charge is 2.15. The summed E-state index contributed by atoms with van der Waals surface area (Å²) in [5.74, 6) is 1.31. The second kappa shape index (κ2) is 9.17.